The highest BCUT2D eigenvalue weighted by Crippen LogP contribution is 2.25. The minimum atomic E-state index is -0.756. The van der Waals surface area contributed by atoms with E-state index in [1.807, 2.05) is 44.4 Å². The van der Waals surface area contributed by atoms with Crippen LogP contribution in [0.15, 0.2) is 53.5 Å². The summed E-state index contributed by atoms with van der Waals surface area (Å²) in [7, 11) is 4.04. The molecule has 0 saturated carbocycles. The first-order valence-electron chi connectivity index (χ1n) is 8.09. The Balaban J connectivity index is 2.01. The Kier molecular flexibility index (Phi) is 4.95. The van der Waals surface area contributed by atoms with E-state index in [-0.39, 0.29) is 11.7 Å². The van der Waals surface area contributed by atoms with Crippen molar-refractivity contribution in [2.45, 2.75) is 12.5 Å². The summed E-state index contributed by atoms with van der Waals surface area (Å²) in [5.41, 5.74) is 0.536. The molecule has 3 rings (SSSR count). The van der Waals surface area contributed by atoms with E-state index in [1.165, 1.54) is 6.20 Å². The van der Waals surface area contributed by atoms with Gasteiger partial charge in [-0.25, -0.2) is 9.78 Å². The monoisotopic (exact) mass is 339 g/mol. The van der Waals surface area contributed by atoms with Gasteiger partial charge in [0.25, 0.3) is 0 Å². The van der Waals surface area contributed by atoms with Crippen molar-refractivity contribution in [2.75, 3.05) is 26.0 Å². The lowest BCUT2D eigenvalue weighted by molar-refractivity contribution is 0.182. The van der Waals surface area contributed by atoms with Gasteiger partial charge in [-0.05, 0) is 44.8 Å². The molecule has 0 radical (unpaired) electrons. The van der Waals surface area contributed by atoms with Gasteiger partial charge in [0.1, 0.15) is 5.82 Å². The van der Waals surface area contributed by atoms with E-state index in [2.05, 4.69) is 20.2 Å². The number of hydrogen-bond acceptors (Lipinski definition) is 6. The summed E-state index contributed by atoms with van der Waals surface area (Å²) in [6.45, 7) is 0.875. The van der Waals surface area contributed by atoms with Crippen LogP contribution in [0.3, 0.4) is 0 Å². The molecule has 0 amide bonds. The molecular weight excluding hydrogens is 318 g/mol. The van der Waals surface area contributed by atoms with E-state index in [0.717, 1.165) is 18.5 Å². The van der Waals surface area contributed by atoms with Crippen molar-refractivity contribution in [3.63, 3.8) is 0 Å². The highest BCUT2D eigenvalue weighted by molar-refractivity contribution is 5.86. The highest BCUT2D eigenvalue weighted by Gasteiger charge is 2.16. The third-order valence-electron chi connectivity index (χ3n) is 4.01. The summed E-state index contributed by atoms with van der Waals surface area (Å²) in [6, 6.07) is 13.5. The molecule has 0 aliphatic rings. The molecule has 7 nitrogen and oxygen atoms in total. The predicted octanol–water partition coefficient (Wildman–Crippen LogP) is 2.13. The molecule has 0 saturated heterocycles. The minimum Gasteiger partial charge on any atom is -0.422 e. The fourth-order valence-electron chi connectivity index (χ4n) is 2.71. The normalized spacial score (nSPS) is 12.4. The van der Waals surface area contributed by atoms with Gasteiger partial charge in [-0.2, -0.15) is 4.98 Å². The molecule has 3 aromatic rings. The molecule has 1 atom stereocenters. The van der Waals surface area contributed by atoms with Gasteiger partial charge in [-0.15, -0.1) is 4.73 Å². The van der Waals surface area contributed by atoms with Crippen molar-refractivity contribution in [2.24, 2.45) is 0 Å². The maximum Gasteiger partial charge on any atom is 0.384 e. The zero-order valence-electron chi connectivity index (χ0n) is 14.3. The Bertz CT molecular complexity index is 908. The van der Waals surface area contributed by atoms with Crippen molar-refractivity contribution in [3.05, 3.63) is 64.7 Å². The highest BCUT2D eigenvalue weighted by atomic mass is 16.5. The fourth-order valence-corrected chi connectivity index (χ4v) is 2.71. The molecule has 2 aromatic heterocycles. The summed E-state index contributed by atoms with van der Waals surface area (Å²) in [5, 5.41) is 13.8. The van der Waals surface area contributed by atoms with Gasteiger partial charge < -0.3 is 15.4 Å². The Morgan fingerprint density at radius 2 is 1.96 bits per heavy atom. The Hall–Kier alpha value is -2.93. The first-order chi connectivity index (χ1) is 12.1. The second-order valence-electron chi connectivity index (χ2n) is 6.13. The Morgan fingerprint density at radius 1 is 1.20 bits per heavy atom. The first-order valence-corrected chi connectivity index (χ1v) is 8.09. The first kappa shape index (κ1) is 16.9. The number of nitrogens with zero attached hydrogens (tertiary/aromatic N) is 4. The zero-order chi connectivity index (χ0) is 17.8. The second kappa shape index (κ2) is 7.31. The summed E-state index contributed by atoms with van der Waals surface area (Å²) < 4.78 is 0.470. The van der Waals surface area contributed by atoms with Crippen LogP contribution < -0.4 is 11.0 Å². The molecule has 25 heavy (non-hydrogen) atoms. The van der Waals surface area contributed by atoms with Gasteiger partial charge in [0.2, 0.25) is 0 Å². The topological polar surface area (TPSA) is 83.3 Å². The van der Waals surface area contributed by atoms with Gasteiger partial charge >= 0.3 is 5.69 Å². The fraction of sp³-hybridized carbons (Fsp3) is 0.278. The molecule has 0 bridgehead atoms. The summed E-state index contributed by atoms with van der Waals surface area (Å²) >= 11 is 0. The average Bonchev–Trinajstić information content (AvgIpc) is 2.63. The van der Waals surface area contributed by atoms with Crippen LogP contribution >= 0.6 is 0 Å². The van der Waals surface area contributed by atoms with E-state index in [4.69, 9.17) is 0 Å². The zero-order valence-corrected chi connectivity index (χ0v) is 14.3. The van der Waals surface area contributed by atoms with Crippen LogP contribution in [0, 0.1) is 0 Å². The van der Waals surface area contributed by atoms with Gasteiger partial charge in [0, 0.05) is 6.20 Å². The SMILES string of the molecule is CN(C)CCC(Nc1nc(=O)n(O)c2ncccc12)c1ccccc1. The number of pyridine rings is 1. The van der Waals surface area contributed by atoms with Crippen LogP contribution in [0.25, 0.3) is 11.0 Å². The Labute approximate surface area is 145 Å². The molecule has 2 heterocycles. The number of aromatic nitrogens is 3. The van der Waals surface area contributed by atoms with E-state index < -0.39 is 5.69 Å². The van der Waals surface area contributed by atoms with Crippen molar-refractivity contribution in [1.82, 2.24) is 19.6 Å². The molecule has 0 spiro atoms. The largest absolute Gasteiger partial charge is 0.422 e. The maximum atomic E-state index is 12.0. The smallest absolute Gasteiger partial charge is 0.384 e. The number of hydrogen-bond donors (Lipinski definition) is 2. The average molecular weight is 339 g/mol. The molecule has 0 aliphatic carbocycles. The van der Waals surface area contributed by atoms with E-state index in [0.29, 0.717) is 15.9 Å². The van der Waals surface area contributed by atoms with Gasteiger partial charge in [0.05, 0.1) is 11.4 Å². The van der Waals surface area contributed by atoms with Gasteiger partial charge in [-0.3, -0.25) is 0 Å². The summed E-state index contributed by atoms with van der Waals surface area (Å²) in [4.78, 5) is 22.1. The lowest BCUT2D eigenvalue weighted by atomic mass is 10.0. The van der Waals surface area contributed by atoms with Crippen molar-refractivity contribution < 1.29 is 5.21 Å². The van der Waals surface area contributed by atoms with Gasteiger partial charge in [-0.1, -0.05) is 30.3 Å². The predicted molar refractivity (Wildman–Crippen MR) is 97.0 cm³/mol. The second-order valence-corrected chi connectivity index (χ2v) is 6.13. The third-order valence-corrected chi connectivity index (χ3v) is 4.01. The molecule has 1 aromatic carbocycles. The molecule has 0 aliphatic heterocycles. The van der Waals surface area contributed by atoms with E-state index in [9.17, 15) is 10.0 Å². The molecule has 0 fully saturated rings. The maximum absolute atomic E-state index is 12.0. The van der Waals surface area contributed by atoms with Crippen molar-refractivity contribution in [3.8, 4) is 0 Å². The minimum absolute atomic E-state index is 0.0200. The molecule has 2 N–H and O–H groups in total. The number of benzene rings is 1. The number of rotatable bonds is 6. The lowest BCUT2D eigenvalue weighted by Crippen LogP contribution is -2.25. The number of anilines is 1. The van der Waals surface area contributed by atoms with Crippen molar-refractivity contribution >= 4 is 16.9 Å². The summed E-state index contributed by atoms with van der Waals surface area (Å²) in [6.07, 6.45) is 2.36. The number of fused-ring (bicyclic) bond motifs is 1. The number of nitrogens with one attached hydrogen (secondary N) is 1. The van der Waals surface area contributed by atoms with E-state index >= 15 is 0 Å². The quantitative estimate of drug-likeness (QED) is 0.670. The molecular formula is C18H21N5O2. The van der Waals surface area contributed by atoms with Crippen LogP contribution in [0.5, 0.6) is 0 Å². The van der Waals surface area contributed by atoms with Gasteiger partial charge in [0.15, 0.2) is 5.65 Å². The van der Waals surface area contributed by atoms with E-state index in [1.54, 1.807) is 12.1 Å². The van der Waals surface area contributed by atoms with Crippen LogP contribution in [-0.4, -0.2) is 45.4 Å². The standard InChI is InChI=1S/C18H21N5O2/c1-22(2)12-10-15(13-7-4-3-5-8-13)20-16-14-9-6-11-19-17(14)23(25)18(24)21-16/h3-9,11,15,25H,10,12H2,1-2H3,(H,20,21,24). The molecule has 1 unspecified atom stereocenters. The van der Waals surface area contributed by atoms with Crippen LogP contribution in [0.2, 0.25) is 0 Å². The Morgan fingerprint density at radius 3 is 2.68 bits per heavy atom. The lowest BCUT2D eigenvalue weighted by Gasteiger charge is -2.22. The third kappa shape index (κ3) is 3.77. The van der Waals surface area contributed by atoms with Crippen LogP contribution in [0.4, 0.5) is 5.82 Å². The summed E-state index contributed by atoms with van der Waals surface area (Å²) in [5.74, 6) is 0.422. The van der Waals surface area contributed by atoms with Crippen molar-refractivity contribution in [1.29, 1.82) is 0 Å². The molecule has 130 valence electrons. The van der Waals surface area contributed by atoms with Crippen LogP contribution in [-0.2, 0) is 0 Å². The van der Waals surface area contributed by atoms with Crippen LogP contribution in [0.1, 0.15) is 18.0 Å². The molecule has 7 heteroatoms.